The number of benzene rings is 1. The van der Waals surface area contributed by atoms with Gasteiger partial charge in [-0.2, -0.15) is 0 Å². The van der Waals surface area contributed by atoms with Crippen molar-refractivity contribution in [3.63, 3.8) is 0 Å². The van der Waals surface area contributed by atoms with E-state index < -0.39 is 0 Å². The van der Waals surface area contributed by atoms with Crippen molar-refractivity contribution in [2.75, 3.05) is 19.6 Å². The number of hydrogen-bond acceptors (Lipinski definition) is 2. The largest absolute Gasteiger partial charge is 0.343 e. The van der Waals surface area contributed by atoms with Gasteiger partial charge in [0.05, 0.1) is 0 Å². The van der Waals surface area contributed by atoms with E-state index in [1.807, 2.05) is 11.0 Å². The zero-order valence-electron chi connectivity index (χ0n) is 14.6. The molecule has 0 bridgehead atoms. The first-order valence-corrected chi connectivity index (χ1v) is 9.25. The Morgan fingerprint density at radius 3 is 2.38 bits per heavy atom. The van der Waals surface area contributed by atoms with Gasteiger partial charge in [-0.15, -0.1) is 0 Å². The Bertz CT molecular complexity index is 564. The highest BCUT2D eigenvalue weighted by atomic mass is 16.2. The highest BCUT2D eigenvalue weighted by Crippen LogP contribution is 2.26. The minimum atomic E-state index is 0.0944. The molecule has 2 fully saturated rings. The summed E-state index contributed by atoms with van der Waals surface area (Å²) in [5, 5.41) is 0. The van der Waals surface area contributed by atoms with E-state index in [2.05, 4.69) is 29.2 Å². The third kappa shape index (κ3) is 3.97. The summed E-state index contributed by atoms with van der Waals surface area (Å²) in [4.78, 5) is 28.5. The minimum Gasteiger partial charge on any atom is -0.343 e. The van der Waals surface area contributed by atoms with Crippen LogP contribution in [0.25, 0.3) is 0 Å². The Morgan fingerprint density at radius 1 is 1.00 bits per heavy atom. The molecule has 2 aliphatic heterocycles. The van der Waals surface area contributed by atoms with Gasteiger partial charge in [0.25, 0.3) is 0 Å². The van der Waals surface area contributed by atoms with Crippen LogP contribution < -0.4 is 0 Å². The standard InChI is InChI=1S/C20H28N2O2/c1-16(23)21-13-10-18(11-14-21)20(24)22-12-6-5-9-19(22)15-17-7-3-2-4-8-17/h2-4,7-8,18-19H,5-6,9-15H2,1H3/t19-/m1/s1. The van der Waals surface area contributed by atoms with Gasteiger partial charge in [0.2, 0.25) is 11.8 Å². The number of carbonyl (C=O) groups is 2. The molecule has 0 spiro atoms. The van der Waals surface area contributed by atoms with E-state index in [1.165, 1.54) is 12.0 Å². The first-order chi connectivity index (χ1) is 11.6. The van der Waals surface area contributed by atoms with Crippen molar-refractivity contribution in [2.45, 2.75) is 51.5 Å². The molecule has 0 saturated carbocycles. The van der Waals surface area contributed by atoms with E-state index in [0.717, 1.165) is 51.7 Å². The first kappa shape index (κ1) is 17.0. The Balaban J connectivity index is 1.62. The van der Waals surface area contributed by atoms with Crippen molar-refractivity contribution >= 4 is 11.8 Å². The monoisotopic (exact) mass is 328 g/mol. The third-order valence-corrected chi connectivity index (χ3v) is 5.51. The van der Waals surface area contributed by atoms with Crippen LogP contribution in [0.5, 0.6) is 0 Å². The van der Waals surface area contributed by atoms with Crippen LogP contribution in [0.1, 0.15) is 44.6 Å². The molecule has 0 unspecified atom stereocenters. The van der Waals surface area contributed by atoms with E-state index in [-0.39, 0.29) is 11.8 Å². The number of likely N-dealkylation sites (tertiary alicyclic amines) is 2. The molecule has 0 aliphatic carbocycles. The highest BCUT2D eigenvalue weighted by molar-refractivity contribution is 5.80. The molecule has 1 aromatic carbocycles. The quantitative estimate of drug-likeness (QED) is 0.856. The summed E-state index contributed by atoms with van der Waals surface area (Å²) >= 11 is 0. The summed E-state index contributed by atoms with van der Waals surface area (Å²) < 4.78 is 0. The number of carbonyl (C=O) groups excluding carboxylic acids is 2. The lowest BCUT2D eigenvalue weighted by Crippen LogP contribution is -2.50. The SMILES string of the molecule is CC(=O)N1CCC(C(=O)N2CCCC[C@@H]2Cc2ccccc2)CC1. The van der Waals surface area contributed by atoms with Crippen LogP contribution in [0, 0.1) is 5.92 Å². The lowest BCUT2D eigenvalue weighted by molar-refractivity contribution is -0.143. The van der Waals surface area contributed by atoms with Crippen LogP contribution in [-0.2, 0) is 16.0 Å². The number of hydrogen-bond donors (Lipinski definition) is 0. The molecule has 3 rings (SSSR count). The molecule has 2 amide bonds. The summed E-state index contributed by atoms with van der Waals surface area (Å²) in [6, 6.07) is 10.8. The van der Waals surface area contributed by atoms with Gasteiger partial charge in [-0.25, -0.2) is 0 Å². The van der Waals surface area contributed by atoms with E-state index in [4.69, 9.17) is 0 Å². The van der Waals surface area contributed by atoms with Gasteiger partial charge in [-0.05, 0) is 44.1 Å². The second-order valence-electron chi connectivity index (χ2n) is 7.15. The highest BCUT2D eigenvalue weighted by Gasteiger charge is 2.33. The molecule has 0 radical (unpaired) electrons. The van der Waals surface area contributed by atoms with Crippen LogP contribution in [-0.4, -0.2) is 47.3 Å². The van der Waals surface area contributed by atoms with Crippen LogP contribution in [0.15, 0.2) is 30.3 Å². The van der Waals surface area contributed by atoms with E-state index >= 15 is 0 Å². The van der Waals surface area contributed by atoms with E-state index in [9.17, 15) is 9.59 Å². The van der Waals surface area contributed by atoms with Crippen LogP contribution >= 0.6 is 0 Å². The summed E-state index contributed by atoms with van der Waals surface area (Å²) in [5.74, 6) is 0.539. The second-order valence-corrected chi connectivity index (χ2v) is 7.15. The third-order valence-electron chi connectivity index (χ3n) is 5.51. The zero-order chi connectivity index (χ0) is 16.9. The maximum atomic E-state index is 13.1. The number of amides is 2. The fraction of sp³-hybridized carbons (Fsp3) is 0.600. The van der Waals surface area contributed by atoms with Gasteiger partial charge >= 0.3 is 0 Å². The minimum absolute atomic E-state index is 0.0944. The zero-order valence-corrected chi connectivity index (χ0v) is 14.6. The molecule has 24 heavy (non-hydrogen) atoms. The van der Waals surface area contributed by atoms with Crippen LogP contribution in [0.3, 0.4) is 0 Å². The maximum absolute atomic E-state index is 13.1. The van der Waals surface area contributed by atoms with Crippen molar-refractivity contribution in [1.82, 2.24) is 9.80 Å². The molecule has 0 N–H and O–H groups in total. The van der Waals surface area contributed by atoms with Gasteiger partial charge in [-0.3, -0.25) is 9.59 Å². The van der Waals surface area contributed by atoms with E-state index in [1.54, 1.807) is 6.92 Å². The molecular formula is C20H28N2O2. The van der Waals surface area contributed by atoms with Crippen molar-refractivity contribution in [3.05, 3.63) is 35.9 Å². The number of piperidine rings is 2. The lowest BCUT2D eigenvalue weighted by Gasteiger charge is -2.40. The topological polar surface area (TPSA) is 40.6 Å². The molecule has 2 saturated heterocycles. The molecule has 4 heteroatoms. The van der Waals surface area contributed by atoms with Gasteiger partial charge in [-0.1, -0.05) is 30.3 Å². The van der Waals surface area contributed by atoms with Crippen molar-refractivity contribution in [3.8, 4) is 0 Å². The Kier molecular flexibility index (Phi) is 5.54. The average molecular weight is 328 g/mol. The fourth-order valence-corrected chi connectivity index (χ4v) is 4.06. The summed E-state index contributed by atoms with van der Waals surface area (Å²) in [5.41, 5.74) is 1.31. The second kappa shape index (κ2) is 7.82. The molecule has 4 nitrogen and oxygen atoms in total. The normalized spacial score (nSPS) is 22.5. The molecule has 2 heterocycles. The molecule has 1 aromatic rings. The van der Waals surface area contributed by atoms with E-state index in [0.29, 0.717) is 11.9 Å². The van der Waals surface area contributed by atoms with Gasteiger partial charge in [0, 0.05) is 38.5 Å². The summed E-state index contributed by atoms with van der Waals surface area (Å²) in [6.07, 6.45) is 6.01. The number of nitrogens with zero attached hydrogens (tertiary/aromatic N) is 2. The molecule has 1 atom stereocenters. The van der Waals surface area contributed by atoms with Gasteiger partial charge in [0.1, 0.15) is 0 Å². The Morgan fingerprint density at radius 2 is 1.71 bits per heavy atom. The fourth-order valence-electron chi connectivity index (χ4n) is 4.06. The Labute approximate surface area is 144 Å². The van der Waals surface area contributed by atoms with Crippen LogP contribution in [0.2, 0.25) is 0 Å². The van der Waals surface area contributed by atoms with Gasteiger partial charge < -0.3 is 9.80 Å². The van der Waals surface area contributed by atoms with Crippen molar-refractivity contribution in [2.24, 2.45) is 5.92 Å². The van der Waals surface area contributed by atoms with Gasteiger partial charge in [0.15, 0.2) is 0 Å². The number of rotatable bonds is 3. The smallest absolute Gasteiger partial charge is 0.226 e. The molecule has 130 valence electrons. The maximum Gasteiger partial charge on any atom is 0.226 e. The average Bonchev–Trinajstić information content (AvgIpc) is 2.62. The van der Waals surface area contributed by atoms with Crippen molar-refractivity contribution < 1.29 is 9.59 Å². The summed E-state index contributed by atoms with van der Waals surface area (Å²) in [6.45, 7) is 3.96. The molecule has 2 aliphatic rings. The summed E-state index contributed by atoms with van der Waals surface area (Å²) in [7, 11) is 0. The first-order valence-electron chi connectivity index (χ1n) is 9.25. The predicted molar refractivity (Wildman–Crippen MR) is 94.5 cm³/mol. The van der Waals surface area contributed by atoms with Crippen LogP contribution in [0.4, 0.5) is 0 Å². The lowest BCUT2D eigenvalue weighted by atomic mass is 9.90. The van der Waals surface area contributed by atoms with Crippen molar-refractivity contribution in [1.29, 1.82) is 0 Å². The Hall–Kier alpha value is -1.84. The predicted octanol–water partition coefficient (Wildman–Crippen LogP) is 2.87. The molecular weight excluding hydrogens is 300 g/mol. The molecule has 0 aromatic heterocycles.